The highest BCUT2D eigenvalue weighted by atomic mass is 19.1. The highest BCUT2D eigenvalue weighted by Gasteiger charge is 2.15. The molecule has 3 nitrogen and oxygen atoms in total. The van der Waals surface area contributed by atoms with Crippen LogP contribution in [0.4, 0.5) is 10.1 Å². The first-order valence-electron chi connectivity index (χ1n) is 5.95. The Labute approximate surface area is 107 Å². The number of benzene rings is 1. The number of carbonyl (C=O) groups excluding carboxylic acids is 1. The predicted octanol–water partition coefficient (Wildman–Crippen LogP) is 3.01. The number of aldehydes is 1. The van der Waals surface area contributed by atoms with Gasteiger partial charge < -0.3 is 4.90 Å². The van der Waals surface area contributed by atoms with E-state index in [0.29, 0.717) is 37.4 Å². The largest absolute Gasteiger partial charge is 0.370 e. The zero-order chi connectivity index (χ0) is 13.5. The molecule has 0 saturated heterocycles. The molecule has 18 heavy (non-hydrogen) atoms. The van der Waals surface area contributed by atoms with E-state index in [1.807, 2.05) is 18.7 Å². The third-order valence-corrected chi connectivity index (χ3v) is 2.57. The Balaban J connectivity index is 3.07. The van der Waals surface area contributed by atoms with Crippen LogP contribution in [0.5, 0.6) is 0 Å². The number of hydrogen-bond acceptors (Lipinski definition) is 3. The van der Waals surface area contributed by atoms with E-state index in [1.54, 1.807) is 12.1 Å². The fourth-order valence-electron chi connectivity index (χ4n) is 1.85. The van der Waals surface area contributed by atoms with Gasteiger partial charge in [-0.15, -0.1) is 0 Å². The van der Waals surface area contributed by atoms with E-state index in [2.05, 4.69) is 6.07 Å². The van der Waals surface area contributed by atoms with Crippen LogP contribution in [-0.4, -0.2) is 19.4 Å². The van der Waals surface area contributed by atoms with Crippen LogP contribution in [0, 0.1) is 23.1 Å². The highest BCUT2D eigenvalue weighted by Crippen LogP contribution is 2.22. The van der Waals surface area contributed by atoms with Gasteiger partial charge in [-0.05, 0) is 18.1 Å². The van der Waals surface area contributed by atoms with Crippen molar-refractivity contribution in [1.29, 1.82) is 5.26 Å². The van der Waals surface area contributed by atoms with E-state index < -0.39 is 5.82 Å². The Morgan fingerprint density at radius 3 is 2.78 bits per heavy atom. The SMILES string of the molecule is CC(C)CN(CCC#N)c1cccc(F)c1C=O. The number of carbonyl (C=O) groups is 1. The van der Waals surface area contributed by atoms with Gasteiger partial charge in [0.2, 0.25) is 0 Å². The molecule has 0 amide bonds. The third-order valence-electron chi connectivity index (χ3n) is 2.57. The number of hydrogen-bond donors (Lipinski definition) is 0. The summed E-state index contributed by atoms with van der Waals surface area (Å²) < 4.78 is 13.5. The van der Waals surface area contributed by atoms with Crippen LogP contribution in [0.15, 0.2) is 18.2 Å². The molecule has 0 saturated carbocycles. The summed E-state index contributed by atoms with van der Waals surface area (Å²) in [6, 6.07) is 6.63. The second-order valence-corrected chi connectivity index (χ2v) is 4.54. The molecule has 0 N–H and O–H groups in total. The molecule has 0 aromatic heterocycles. The monoisotopic (exact) mass is 248 g/mol. The van der Waals surface area contributed by atoms with Crippen LogP contribution in [0.2, 0.25) is 0 Å². The van der Waals surface area contributed by atoms with Gasteiger partial charge in [0.1, 0.15) is 5.82 Å². The summed E-state index contributed by atoms with van der Waals surface area (Å²) >= 11 is 0. The molecule has 96 valence electrons. The van der Waals surface area contributed by atoms with Crippen LogP contribution < -0.4 is 4.90 Å². The molecule has 0 bridgehead atoms. The predicted molar refractivity (Wildman–Crippen MR) is 69.1 cm³/mol. The molecule has 0 atom stereocenters. The maximum Gasteiger partial charge on any atom is 0.155 e. The molecule has 0 unspecified atom stereocenters. The Kier molecular flexibility index (Phi) is 5.31. The minimum atomic E-state index is -0.520. The summed E-state index contributed by atoms with van der Waals surface area (Å²) in [5, 5.41) is 8.66. The Morgan fingerprint density at radius 1 is 1.50 bits per heavy atom. The van der Waals surface area contributed by atoms with Gasteiger partial charge >= 0.3 is 0 Å². The fraction of sp³-hybridized carbons (Fsp3) is 0.429. The van der Waals surface area contributed by atoms with Crippen LogP contribution in [0.3, 0.4) is 0 Å². The summed E-state index contributed by atoms with van der Waals surface area (Å²) in [6.45, 7) is 5.27. The fourth-order valence-corrected chi connectivity index (χ4v) is 1.85. The van der Waals surface area contributed by atoms with Crippen molar-refractivity contribution in [3.05, 3.63) is 29.6 Å². The summed E-state index contributed by atoms with van der Waals surface area (Å²) in [5.74, 6) is -0.153. The van der Waals surface area contributed by atoms with E-state index >= 15 is 0 Å². The van der Waals surface area contributed by atoms with Crippen molar-refractivity contribution in [2.45, 2.75) is 20.3 Å². The molecule has 1 aromatic rings. The van der Waals surface area contributed by atoms with Gasteiger partial charge in [0.15, 0.2) is 6.29 Å². The summed E-state index contributed by atoms with van der Waals surface area (Å²) in [6.07, 6.45) is 0.881. The van der Waals surface area contributed by atoms with E-state index in [1.165, 1.54) is 6.07 Å². The summed E-state index contributed by atoms with van der Waals surface area (Å²) in [4.78, 5) is 12.9. The highest BCUT2D eigenvalue weighted by molar-refractivity contribution is 5.85. The lowest BCUT2D eigenvalue weighted by Crippen LogP contribution is -2.29. The molecule has 0 aliphatic rings. The zero-order valence-corrected chi connectivity index (χ0v) is 10.7. The normalized spacial score (nSPS) is 10.2. The zero-order valence-electron chi connectivity index (χ0n) is 10.7. The average molecular weight is 248 g/mol. The minimum absolute atomic E-state index is 0.0658. The molecule has 0 spiro atoms. The number of nitriles is 1. The maximum absolute atomic E-state index is 13.5. The first-order chi connectivity index (χ1) is 8.60. The maximum atomic E-state index is 13.5. The Hall–Kier alpha value is -1.89. The van der Waals surface area contributed by atoms with Gasteiger partial charge in [0.25, 0.3) is 0 Å². The van der Waals surface area contributed by atoms with Crippen molar-refractivity contribution in [2.75, 3.05) is 18.0 Å². The van der Waals surface area contributed by atoms with E-state index in [0.717, 1.165) is 0 Å². The lowest BCUT2D eigenvalue weighted by molar-refractivity contribution is 0.112. The number of anilines is 1. The van der Waals surface area contributed by atoms with Gasteiger partial charge in [-0.2, -0.15) is 5.26 Å². The van der Waals surface area contributed by atoms with Crippen LogP contribution in [-0.2, 0) is 0 Å². The van der Waals surface area contributed by atoms with Gasteiger partial charge in [-0.3, -0.25) is 4.79 Å². The van der Waals surface area contributed by atoms with Crippen LogP contribution in [0.1, 0.15) is 30.6 Å². The first-order valence-corrected chi connectivity index (χ1v) is 5.95. The standard InChI is InChI=1S/C14H17FN2O/c1-11(2)9-17(8-4-7-16)14-6-3-5-13(15)12(14)10-18/h3,5-6,10-11H,4,8-9H2,1-2H3. The molecule has 4 heteroatoms. The number of rotatable bonds is 6. The second kappa shape index (κ2) is 6.75. The van der Waals surface area contributed by atoms with Crippen molar-refractivity contribution >= 4 is 12.0 Å². The van der Waals surface area contributed by atoms with Crippen molar-refractivity contribution in [2.24, 2.45) is 5.92 Å². The molecule has 0 radical (unpaired) electrons. The van der Waals surface area contributed by atoms with Crippen molar-refractivity contribution in [3.8, 4) is 6.07 Å². The lowest BCUT2D eigenvalue weighted by atomic mass is 10.1. The quantitative estimate of drug-likeness (QED) is 0.727. The molecular weight excluding hydrogens is 231 g/mol. The van der Waals surface area contributed by atoms with Gasteiger partial charge in [-0.25, -0.2) is 4.39 Å². The topological polar surface area (TPSA) is 44.1 Å². The number of nitrogens with zero attached hydrogens (tertiary/aromatic N) is 2. The van der Waals surface area contributed by atoms with E-state index in [-0.39, 0.29) is 5.56 Å². The first kappa shape index (κ1) is 14.2. The van der Waals surface area contributed by atoms with Crippen molar-refractivity contribution in [3.63, 3.8) is 0 Å². The average Bonchev–Trinajstić information content (AvgIpc) is 2.33. The minimum Gasteiger partial charge on any atom is -0.370 e. The van der Waals surface area contributed by atoms with Gasteiger partial charge in [0.05, 0.1) is 23.7 Å². The third kappa shape index (κ3) is 3.56. The van der Waals surface area contributed by atoms with Gasteiger partial charge in [-0.1, -0.05) is 19.9 Å². The van der Waals surface area contributed by atoms with E-state index in [4.69, 9.17) is 5.26 Å². The molecule has 0 aliphatic heterocycles. The molecule has 1 aromatic carbocycles. The second-order valence-electron chi connectivity index (χ2n) is 4.54. The van der Waals surface area contributed by atoms with Crippen molar-refractivity contribution < 1.29 is 9.18 Å². The Morgan fingerprint density at radius 2 is 2.22 bits per heavy atom. The molecule has 0 heterocycles. The molecular formula is C14H17FN2O. The summed E-state index contributed by atoms with van der Waals surface area (Å²) in [5.41, 5.74) is 0.630. The lowest BCUT2D eigenvalue weighted by Gasteiger charge is -2.27. The number of halogens is 1. The smallest absolute Gasteiger partial charge is 0.155 e. The van der Waals surface area contributed by atoms with Gasteiger partial charge in [0, 0.05) is 13.1 Å². The molecule has 1 rings (SSSR count). The molecule has 0 aliphatic carbocycles. The summed E-state index contributed by atoms with van der Waals surface area (Å²) in [7, 11) is 0. The molecule has 0 fully saturated rings. The van der Waals surface area contributed by atoms with Crippen LogP contribution in [0.25, 0.3) is 0 Å². The van der Waals surface area contributed by atoms with E-state index in [9.17, 15) is 9.18 Å². The van der Waals surface area contributed by atoms with Crippen molar-refractivity contribution in [1.82, 2.24) is 0 Å². The Bertz CT molecular complexity index is 452. The van der Waals surface area contributed by atoms with Crippen LogP contribution >= 0.6 is 0 Å².